The van der Waals surface area contributed by atoms with Crippen LogP contribution in [0.5, 0.6) is 0 Å². The third-order valence-electron chi connectivity index (χ3n) is 3.41. The fourth-order valence-electron chi connectivity index (χ4n) is 2.53. The van der Waals surface area contributed by atoms with E-state index >= 15 is 0 Å². The second-order valence-electron chi connectivity index (χ2n) is 5.03. The minimum Gasteiger partial charge on any atom is -0.299 e. The van der Waals surface area contributed by atoms with E-state index in [2.05, 4.69) is 9.97 Å². The van der Waals surface area contributed by atoms with Crippen LogP contribution in [0.2, 0.25) is 5.15 Å². The minimum absolute atomic E-state index is 0.199. The minimum atomic E-state index is -0.532. The second-order valence-corrected chi connectivity index (χ2v) is 5.41. The Morgan fingerprint density at radius 2 is 1.90 bits per heavy atom. The molecule has 1 aromatic heterocycles. The highest BCUT2D eigenvalue weighted by Gasteiger charge is 2.37. The summed E-state index contributed by atoms with van der Waals surface area (Å²) < 4.78 is 0. The van der Waals surface area contributed by atoms with E-state index in [-0.39, 0.29) is 11.7 Å². The van der Waals surface area contributed by atoms with Crippen molar-refractivity contribution in [2.75, 3.05) is 4.90 Å². The van der Waals surface area contributed by atoms with E-state index in [9.17, 15) is 9.59 Å². The Kier molecular flexibility index (Phi) is 3.22. The fourth-order valence-corrected chi connectivity index (χ4v) is 2.63. The molecule has 1 aromatic carbocycles. The molecule has 3 rings (SSSR count). The molecule has 6 heteroatoms. The number of amides is 1. The summed E-state index contributed by atoms with van der Waals surface area (Å²) in [6, 6.07) is 3.74. The number of nitrogens with zero attached hydrogens (tertiary/aromatic N) is 3. The zero-order valence-electron chi connectivity index (χ0n) is 11.6. The average molecular weight is 302 g/mol. The lowest BCUT2D eigenvalue weighted by Crippen LogP contribution is -2.29. The van der Waals surface area contributed by atoms with Crippen LogP contribution >= 0.6 is 11.6 Å². The van der Waals surface area contributed by atoms with E-state index in [0.717, 1.165) is 11.1 Å². The summed E-state index contributed by atoms with van der Waals surface area (Å²) >= 11 is 5.69. The summed E-state index contributed by atoms with van der Waals surface area (Å²) in [5.74, 6) is -1.00. The Balaban J connectivity index is 2.03. The molecule has 0 saturated heterocycles. The first-order valence-corrected chi connectivity index (χ1v) is 6.79. The second kappa shape index (κ2) is 4.93. The summed E-state index contributed by atoms with van der Waals surface area (Å²) in [5.41, 5.74) is 3.51. The number of fused-ring (bicyclic) bond motifs is 1. The van der Waals surface area contributed by atoms with Crippen LogP contribution in [0.25, 0.3) is 0 Å². The summed E-state index contributed by atoms with van der Waals surface area (Å²) in [7, 11) is 0. The predicted molar refractivity (Wildman–Crippen MR) is 78.5 cm³/mol. The molecule has 0 N–H and O–H groups in total. The van der Waals surface area contributed by atoms with Gasteiger partial charge >= 0.3 is 0 Å². The molecule has 1 aliphatic heterocycles. The summed E-state index contributed by atoms with van der Waals surface area (Å²) in [5, 5.41) is 0.287. The summed E-state index contributed by atoms with van der Waals surface area (Å²) in [6.07, 6.45) is 2.92. The molecule has 106 valence electrons. The van der Waals surface area contributed by atoms with Crippen LogP contribution in [0.1, 0.15) is 27.2 Å². The molecule has 1 amide bonds. The van der Waals surface area contributed by atoms with Crippen molar-refractivity contribution in [3.8, 4) is 0 Å². The van der Waals surface area contributed by atoms with Gasteiger partial charge in [0.2, 0.25) is 0 Å². The van der Waals surface area contributed by atoms with Gasteiger partial charge in [0.05, 0.1) is 35.9 Å². The van der Waals surface area contributed by atoms with Gasteiger partial charge in [0, 0.05) is 0 Å². The van der Waals surface area contributed by atoms with E-state index < -0.39 is 11.7 Å². The van der Waals surface area contributed by atoms with Gasteiger partial charge in [-0.3, -0.25) is 19.5 Å². The van der Waals surface area contributed by atoms with Crippen LogP contribution in [0, 0.1) is 13.8 Å². The molecule has 1 aliphatic rings. The van der Waals surface area contributed by atoms with Crippen LogP contribution in [0.4, 0.5) is 5.69 Å². The number of ketones is 1. The quantitative estimate of drug-likeness (QED) is 0.799. The first kappa shape index (κ1) is 13.7. The number of Topliss-reactive ketones (excluding diaryl/α,β-unsaturated/α-hetero) is 1. The zero-order valence-corrected chi connectivity index (χ0v) is 12.3. The third-order valence-corrected chi connectivity index (χ3v) is 3.61. The first-order valence-electron chi connectivity index (χ1n) is 6.41. The molecular weight excluding hydrogens is 290 g/mol. The molecule has 0 radical (unpaired) electrons. The summed E-state index contributed by atoms with van der Waals surface area (Å²) in [4.78, 5) is 33.8. The molecular formula is C15H12ClN3O2. The standard InChI is InChI=1S/C15H12ClN3O2/c1-8-3-9(2)13-11(4-8)19(15(21)14(13)20)7-10-5-18-12(16)6-17-10/h3-6H,7H2,1-2H3. The van der Waals surface area contributed by atoms with Gasteiger partial charge in [-0.1, -0.05) is 17.7 Å². The van der Waals surface area contributed by atoms with Crippen molar-refractivity contribution in [2.24, 2.45) is 0 Å². The van der Waals surface area contributed by atoms with Crippen LogP contribution < -0.4 is 4.90 Å². The van der Waals surface area contributed by atoms with Crippen molar-refractivity contribution in [3.05, 3.63) is 52.1 Å². The van der Waals surface area contributed by atoms with E-state index in [1.54, 1.807) is 0 Å². The lowest BCUT2D eigenvalue weighted by Gasteiger charge is -2.16. The maximum absolute atomic E-state index is 12.2. The highest BCUT2D eigenvalue weighted by Crippen LogP contribution is 2.33. The molecule has 2 aromatic rings. The lowest BCUT2D eigenvalue weighted by molar-refractivity contribution is -0.114. The number of benzene rings is 1. The molecule has 5 nitrogen and oxygen atoms in total. The Labute approximate surface area is 126 Å². The predicted octanol–water partition coefficient (Wildman–Crippen LogP) is 2.48. The zero-order chi connectivity index (χ0) is 15.1. The largest absolute Gasteiger partial charge is 0.299 e. The van der Waals surface area contributed by atoms with Gasteiger partial charge in [0.25, 0.3) is 11.7 Å². The molecule has 0 fully saturated rings. The highest BCUT2D eigenvalue weighted by atomic mass is 35.5. The van der Waals surface area contributed by atoms with Gasteiger partial charge in [0.1, 0.15) is 5.15 Å². The van der Waals surface area contributed by atoms with Crippen molar-refractivity contribution in [2.45, 2.75) is 20.4 Å². The first-order chi connectivity index (χ1) is 9.97. The van der Waals surface area contributed by atoms with Crippen molar-refractivity contribution >= 4 is 29.0 Å². The van der Waals surface area contributed by atoms with Crippen molar-refractivity contribution in [1.82, 2.24) is 9.97 Å². The highest BCUT2D eigenvalue weighted by molar-refractivity contribution is 6.52. The number of hydrogen-bond acceptors (Lipinski definition) is 4. The number of hydrogen-bond donors (Lipinski definition) is 0. The molecule has 0 atom stereocenters. The molecule has 0 aliphatic carbocycles. The third kappa shape index (κ3) is 2.29. The van der Waals surface area contributed by atoms with Crippen LogP contribution in [-0.4, -0.2) is 21.7 Å². The molecule has 0 unspecified atom stereocenters. The number of aryl methyl sites for hydroxylation is 2. The monoisotopic (exact) mass is 301 g/mol. The molecule has 0 bridgehead atoms. The number of halogens is 1. The van der Waals surface area contributed by atoms with Gasteiger partial charge < -0.3 is 0 Å². The fraction of sp³-hybridized carbons (Fsp3) is 0.200. The maximum atomic E-state index is 12.2. The lowest BCUT2D eigenvalue weighted by atomic mass is 10.0. The SMILES string of the molecule is Cc1cc(C)c2c(c1)N(Cc1cnc(Cl)cn1)C(=O)C2=O. The van der Waals surface area contributed by atoms with E-state index in [4.69, 9.17) is 11.6 Å². The molecule has 21 heavy (non-hydrogen) atoms. The number of carbonyl (C=O) groups excluding carboxylic acids is 2. The topological polar surface area (TPSA) is 63.2 Å². The average Bonchev–Trinajstić information content (AvgIpc) is 2.66. The Morgan fingerprint density at radius 3 is 2.57 bits per heavy atom. The van der Waals surface area contributed by atoms with Gasteiger partial charge in [-0.05, 0) is 31.0 Å². The number of anilines is 1. The van der Waals surface area contributed by atoms with Gasteiger partial charge in [-0.2, -0.15) is 0 Å². The molecule has 2 heterocycles. The Morgan fingerprint density at radius 1 is 1.14 bits per heavy atom. The van der Waals surface area contributed by atoms with E-state index in [0.29, 0.717) is 16.9 Å². The Hall–Kier alpha value is -2.27. The van der Waals surface area contributed by atoms with E-state index in [1.165, 1.54) is 17.3 Å². The van der Waals surface area contributed by atoms with Gasteiger partial charge in [-0.15, -0.1) is 0 Å². The summed E-state index contributed by atoms with van der Waals surface area (Å²) in [6.45, 7) is 3.97. The molecule has 0 spiro atoms. The van der Waals surface area contributed by atoms with Crippen molar-refractivity contribution < 1.29 is 9.59 Å². The Bertz CT molecular complexity index is 756. The maximum Gasteiger partial charge on any atom is 0.299 e. The van der Waals surface area contributed by atoms with Crippen LogP contribution in [0.15, 0.2) is 24.5 Å². The van der Waals surface area contributed by atoms with E-state index in [1.807, 2.05) is 26.0 Å². The molecule has 0 saturated carbocycles. The van der Waals surface area contributed by atoms with Gasteiger partial charge in [0.15, 0.2) is 0 Å². The number of rotatable bonds is 2. The van der Waals surface area contributed by atoms with Crippen molar-refractivity contribution in [1.29, 1.82) is 0 Å². The smallest absolute Gasteiger partial charge is 0.299 e. The number of carbonyl (C=O) groups is 2. The van der Waals surface area contributed by atoms with Crippen molar-refractivity contribution in [3.63, 3.8) is 0 Å². The van der Waals surface area contributed by atoms with Gasteiger partial charge in [-0.25, -0.2) is 4.98 Å². The van der Waals surface area contributed by atoms with Crippen LogP contribution in [-0.2, 0) is 11.3 Å². The number of aromatic nitrogens is 2. The van der Waals surface area contributed by atoms with Crippen LogP contribution in [0.3, 0.4) is 0 Å². The normalized spacial score (nSPS) is 13.8.